The Morgan fingerprint density at radius 3 is 2.71 bits per heavy atom. The third kappa shape index (κ3) is 5.00. The number of carbonyl (C=O) groups is 1. The summed E-state index contributed by atoms with van der Waals surface area (Å²) in [6, 6.07) is 8.15. The zero-order valence-corrected chi connectivity index (χ0v) is 10.7. The summed E-state index contributed by atoms with van der Waals surface area (Å²) >= 11 is 0. The first-order chi connectivity index (χ1) is 7.99. The van der Waals surface area contributed by atoms with Gasteiger partial charge in [0.15, 0.2) is 0 Å². The lowest BCUT2D eigenvalue weighted by Crippen LogP contribution is -2.40. The van der Waals surface area contributed by atoms with E-state index in [0.717, 1.165) is 12.8 Å². The number of hydrogen-bond donors (Lipinski definition) is 2. The molecule has 1 rings (SSSR count). The number of aryl methyl sites for hydroxylation is 2. The Morgan fingerprint density at radius 1 is 1.41 bits per heavy atom. The molecule has 0 heterocycles. The van der Waals surface area contributed by atoms with Crippen molar-refractivity contribution < 1.29 is 9.90 Å². The van der Waals surface area contributed by atoms with Gasteiger partial charge >= 0.3 is 5.97 Å². The Labute approximate surface area is 103 Å². The average molecular weight is 235 g/mol. The first kappa shape index (κ1) is 13.7. The summed E-state index contributed by atoms with van der Waals surface area (Å²) in [5.41, 5.74) is 2.57. The minimum atomic E-state index is -0.799. The van der Waals surface area contributed by atoms with E-state index >= 15 is 0 Å². The van der Waals surface area contributed by atoms with Crippen LogP contribution in [0.2, 0.25) is 0 Å². The molecule has 0 amide bonds. The van der Waals surface area contributed by atoms with Gasteiger partial charge in [-0.2, -0.15) is 0 Å². The number of carboxylic acid groups (broad SMARTS) is 1. The molecule has 3 heteroatoms. The van der Waals surface area contributed by atoms with Gasteiger partial charge in [0.1, 0.15) is 6.04 Å². The fraction of sp³-hybridized carbons (Fsp3) is 0.500. The van der Waals surface area contributed by atoms with Crippen molar-refractivity contribution >= 4 is 5.97 Å². The molecule has 2 atom stereocenters. The molecule has 3 nitrogen and oxygen atoms in total. The summed E-state index contributed by atoms with van der Waals surface area (Å²) < 4.78 is 0. The second-order valence-corrected chi connectivity index (χ2v) is 4.66. The van der Waals surface area contributed by atoms with Crippen molar-refractivity contribution in [3.05, 3.63) is 35.4 Å². The van der Waals surface area contributed by atoms with Gasteiger partial charge in [0, 0.05) is 6.04 Å². The molecule has 2 unspecified atom stereocenters. The van der Waals surface area contributed by atoms with Crippen LogP contribution in [0.5, 0.6) is 0 Å². The zero-order chi connectivity index (χ0) is 12.8. The van der Waals surface area contributed by atoms with E-state index in [2.05, 4.69) is 36.5 Å². The molecule has 17 heavy (non-hydrogen) atoms. The van der Waals surface area contributed by atoms with Crippen molar-refractivity contribution in [1.82, 2.24) is 5.32 Å². The minimum absolute atomic E-state index is 0.210. The SMILES string of the molecule is Cc1cccc(CCC(C)NC(C)C(=O)O)c1. The monoisotopic (exact) mass is 235 g/mol. The maximum absolute atomic E-state index is 10.7. The van der Waals surface area contributed by atoms with Gasteiger partial charge < -0.3 is 10.4 Å². The Hall–Kier alpha value is -1.35. The predicted molar refractivity (Wildman–Crippen MR) is 69.2 cm³/mol. The molecule has 0 aliphatic heterocycles. The van der Waals surface area contributed by atoms with E-state index in [1.807, 2.05) is 6.92 Å². The van der Waals surface area contributed by atoms with E-state index in [1.54, 1.807) is 6.92 Å². The number of aliphatic carboxylic acids is 1. The molecule has 0 saturated heterocycles. The predicted octanol–water partition coefficient (Wildman–Crippen LogP) is 2.38. The van der Waals surface area contributed by atoms with Crippen molar-refractivity contribution in [3.63, 3.8) is 0 Å². The smallest absolute Gasteiger partial charge is 0.320 e. The second-order valence-electron chi connectivity index (χ2n) is 4.66. The lowest BCUT2D eigenvalue weighted by Gasteiger charge is -2.17. The lowest BCUT2D eigenvalue weighted by atomic mass is 10.0. The van der Waals surface area contributed by atoms with Gasteiger partial charge in [-0.3, -0.25) is 4.79 Å². The summed E-state index contributed by atoms with van der Waals surface area (Å²) in [5, 5.41) is 11.9. The third-order valence-electron chi connectivity index (χ3n) is 2.85. The molecule has 1 aromatic carbocycles. The van der Waals surface area contributed by atoms with Crippen molar-refractivity contribution in [3.8, 4) is 0 Å². The van der Waals surface area contributed by atoms with Gasteiger partial charge in [0.2, 0.25) is 0 Å². The molecule has 0 spiro atoms. The van der Waals surface area contributed by atoms with Gasteiger partial charge in [0.25, 0.3) is 0 Å². The van der Waals surface area contributed by atoms with Gasteiger partial charge in [-0.15, -0.1) is 0 Å². The van der Waals surface area contributed by atoms with Crippen LogP contribution >= 0.6 is 0 Å². The van der Waals surface area contributed by atoms with Gasteiger partial charge in [-0.25, -0.2) is 0 Å². The quantitative estimate of drug-likeness (QED) is 0.796. The standard InChI is InChI=1S/C14H21NO2/c1-10-5-4-6-13(9-10)8-7-11(2)15-12(3)14(16)17/h4-6,9,11-12,15H,7-8H2,1-3H3,(H,16,17). The number of rotatable bonds is 6. The van der Waals surface area contributed by atoms with Crippen LogP contribution < -0.4 is 5.32 Å². The molecule has 2 N–H and O–H groups in total. The van der Waals surface area contributed by atoms with Crippen molar-refractivity contribution in [2.24, 2.45) is 0 Å². The van der Waals surface area contributed by atoms with E-state index in [-0.39, 0.29) is 6.04 Å². The molecule has 0 bridgehead atoms. The molecule has 0 aliphatic rings. The number of benzene rings is 1. The number of hydrogen-bond acceptors (Lipinski definition) is 2. The van der Waals surface area contributed by atoms with E-state index in [0.29, 0.717) is 0 Å². The fourth-order valence-corrected chi connectivity index (χ4v) is 1.83. The second kappa shape index (κ2) is 6.40. The summed E-state index contributed by atoms with van der Waals surface area (Å²) in [6.45, 7) is 5.78. The molecule has 0 aromatic heterocycles. The van der Waals surface area contributed by atoms with Crippen LogP contribution in [0.3, 0.4) is 0 Å². The van der Waals surface area contributed by atoms with Gasteiger partial charge in [0.05, 0.1) is 0 Å². The molecule has 0 saturated carbocycles. The maximum Gasteiger partial charge on any atom is 0.320 e. The maximum atomic E-state index is 10.7. The highest BCUT2D eigenvalue weighted by atomic mass is 16.4. The Bertz CT molecular complexity index is 376. The van der Waals surface area contributed by atoms with Crippen molar-refractivity contribution in [2.45, 2.75) is 45.7 Å². The van der Waals surface area contributed by atoms with Crippen molar-refractivity contribution in [2.75, 3.05) is 0 Å². The summed E-state index contributed by atoms with van der Waals surface area (Å²) in [4.78, 5) is 10.7. The van der Waals surface area contributed by atoms with Gasteiger partial charge in [-0.1, -0.05) is 29.8 Å². The summed E-state index contributed by atoms with van der Waals surface area (Å²) in [6.07, 6.45) is 1.92. The van der Waals surface area contributed by atoms with Crippen LogP contribution in [0.15, 0.2) is 24.3 Å². The normalized spacial score (nSPS) is 14.3. The number of nitrogens with one attached hydrogen (secondary N) is 1. The van der Waals surface area contributed by atoms with E-state index in [1.165, 1.54) is 11.1 Å². The van der Waals surface area contributed by atoms with Crippen molar-refractivity contribution in [1.29, 1.82) is 0 Å². The zero-order valence-electron chi connectivity index (χ0n) is 10.7. The number of carboxylic acids is 1. The highest BCUT2D eigenvalue weighted by Crippen LogP contribution is 2.08. The fourth-order valence-electron chi connectivity index (χ4n) is 1.83. The topological polar surface area (TPSA) is 49.3 Å². The molecule has 0 radical (unpaired) electrons. The first-order valence-electron chi connectivity index (χ1n) is 6.03. The van der Waals surface area contributed by atoms with Gasteiger partial charge in [-0.05, 0) is 39.2 Å². The molecule has 0 fully saturated rings. The van der Waals surface area contributed by atoms with E-state index < -0.39 is 12.0 Å². The first-order valence-corrected chi connectivity index (χ1v) is 6.03. The molecule has 0 aliphatic carbocycles. The molecular formula is C14H21NO2. The lowest BCUT2D eigenvalue weighted by molar-refractivity contribution is -0.139. The summed E-state index contributed by atoms with van der Waals surface area (Å²) in [5.74, 6) is -0.799. The summed E-state index contributed by atoms with van der Waals surface area (Å²) in [7, 11) is 0. The van der Waals surface area contributed by atoms with Crippen LogP contribution in [0, 0.1) is 6.92 Å². The molecule has 1 aromatic rings. The average Bonchev–Trinajstić information content (AvgIpc) is 2.26. The van der Waals surface area contributed by atoms with E-state index in [4.69, 9.17) is 5.11 Å². The highest BCUT2D eigenvalue weighted by molar-refractivity contribution is 5.72. The Morgan fingerprint density at radius 2 is 2.12 bits per heavy atom. The van der Waals surface area contributed by atoms with Crippen LogP contribution in [-0.4, -0.2) is 23.2 Å². The molecule has 94 valence electrons. The van der Waals surface area contributed by atoms with Crippen LogP contribution in [0.4, 0.5) is 0 Å². The van der Waals surface area contributed by atoms with Crippen LogP contribution in [0.1, 0.15) is 31.4 Å². The highest BCUT2D eigenvalue weighted by Gasteiger charge is 2.13. The minimum Gasteiger partial charge on any atom is -0.480 e. The third-order valence-corrected chi connectivity index (χ3v) is 2.85. The van der Waals surface area contributed by atoms with E-state index in [9.17, 15) is 4.79 Å². The van der Waals surface area contributed by atoms with Crippen LogP contribution in [0.25, 0.3) is 0 Å². The van der Waals surface area contributed by atoms with Crippen LogP contribution in [-0.2, 0) is 11.2 Å². The largest absolute Gasteiger partial charge is 0.480 e. The molecular weight excluding hydrogens is 214 g/mol. The Balaban J connectivity index is 2.38. The Kier molecular flexibility index (Phi) is 5.16.